The van der Waals surface area contributed by atoms with E-state index in [0.717, 1.165) is 12.8 Å². The minimum Gasteiger partial charge on any atom is -0.344 e. The number of rotatable bonds is 5. The van der Waals surface area contributed by atoms with Gasteiger partial charge in [0.05, 0.1) is 0 Å². The predicted molar refractivity (Wildman–Crippen MR) is 72.7 cm³/mol. The zero-order valence-electron chi connectivity index (χ0n) is 11.2. The van der Waals surface area contributed by atoms with Crippen molar-refractivity contribution in [2.45, 2.75) is 32.2 Å². The smallest absolute Gasteiger partial charge is 0.289 e. The van der Waals surface area contributed by atoms with Gasteiger partial charge in [0.2, 0.25) is 5.82 Å². The number of carbonyl (C=O) groups is 1. The van der Waals surface area contributed by atoms with E-state index in [0.29, 0.717) is 0 Å². The van der Waals surface area contributed by atoms with Crippen LogP contribution in [0.15, 0.2) is 36.7 Å². The molecule has 0 atom stereocenters. The van der Waals surface area contributed by atoms with Gasteiger partial charge in [-0.3, -0.25) is 9.89 Å². The highest BCUT2D eigenvalue weighted by atomic mass is 16.2. The van der Waals surface area contributed by atoms with E-state index < -0.39 is 0 Å². The Morgan fingerprint density at radius 3 is 2.68 bits per heavy atom. The van der Waals surface area contributed by atoms with E-state index in [1.807, 2.05) is 32.0 Å². The maximum absolute atomic E-state index is 11.9. The Morgan fingerprint density at radius 2 is 2.05 bits per heavy atom. The minimum absolute atomic E-state index is 0.226. The number of H-pyrrole nitrogens is 1. The van der Waals surface area contributed by atoms with Crippen LogP contribution in [0.25, 0.3) is 0 Å². The fourth-order valence-corrected chi connectivity index (χ4v) is 1.85. The molecule has 1 heterocycles. The van der Waals surface area contributed by atoms with Crippen LogP contribution in [0.5, 0.6) is 0 Å². The molecule has 0 bridgehead atoms. The second-order valence-corrected chi connectivity index (χ2v) is 5.16. The van der Waals surface area contributed by atoms with E-state index in [1.165, 1.54) is 11.9 Å². The molecule has 0 fully saturated rings. The maximum atomic E-state index is 11.9. The lowest BCUT2D eigenvalue weighted by atomic mass is 9.95. The van der Waals surface area contributed by atoms with Gasteiger partial charge in [-0.2, -0.15) is 5.10 Å². The van der Waals surface area contributed by atoms with Gasteiger partial charge in [-0.15, -0.1) is 0 Å². The number of amides is 1. The molecule has 2 rings (SSSR count). The van der Waals surface area contributed by atoms with Gasteiger partial charge < -0.3 is 5.32 Å². The Labute approximate surface area is 112 Å². The van der Waals surface area contributed by atoms with Gasteiger partial charge in [0.25, 0.3) is 5.91 Å². The monoisotopic (exact) mass is 258 g/mol. The molecule has 0 spiro atoms. The van der Waals surface area contributed by atoms with Crippen molar-refractivity contribution in [1.82, 2.24) is 20.5 Å². The van der Waals surface area contributed by atoms with E-state index in [-0.39, 0.29) is 17.3 Å². The van der Waals surface area contributed by atoms with Crippen LogP contribution in [0.1, 0.15) is 36.5 Å². The number of nitrogens with zero attached hydrogens (tertiary/aromatic N) is 2. The lowest BCUT2D eigenvalue weighted by Crippen LogP contribution is -2.44. The second kappa shape index (κ2) is 5.65. The Balaban J connectivity index is 1.90. The number of aromatic nitrogens is 3. The normalized spacial score (nSPS) is 11.3. The van der Waals surface area contributed by atoms with Crippen molar-refractivity contribution in [3.05, 3.63) is 48.0 Å². The number of nitrogens with one attached hydrogen (secondary N) is 2. The van der Waals surface area contributed by atoms with Crippen molar-refractivity contribution < 1.29 is 4.79 Å². The molecule has 0 saturated heterocycles. The lowest BCUT2D eigenvalue weighted by molar-refractivity contribution is 0.0899. The fraction of sp³-hybridized carbons (Fsp3) is 0.357. The van der Waals surface area contributed by atoms with Crippen molar-refractivity contribution >= 4 is 5.91 Å². The summed E-state index contributed by atoms with van der Waals surface area (Å²) in [7, 11) is 0. The first kappa shape index (κ1) is 13.3. The summed E-state index contributed by atoms with van der Waals surface area (Å²) < 4.78 is 0. The van der Waals surface area contributed by atoms with Crippen molar-refractivity contribution in [2.75, 3.05) is 0 Å². The average Bonchev–Trinajstić information content (AvgIpc) is 2.91. The molecular weight excluding hydrogens is 240 g/mol. The summed E-state index contributed by atoms with van der Waals surface area (Å²) in [4.78, 5) is 15.7. The zero-order valence-corrected chi connectivity index (χ0v) is 11.2. The number of aromatic amines is 1. The standard InChI is InChI=1S/C14H18N4O/c1-14(2,9-8-11-6-4-3-5-7-11)17-13(19)12-15-10-16-18-12/h3-7,10H,8-9H2,1-2H3,(H,17,19)(H,15,16,18). The molecule has 5 heteroatoms. The second-order valence-electron chi connectivity index (χ2n) is 5.16. The minimum atomic E-state index is -0.292. The highest BCUT2D eigenvalue weighted by Gasteiger charge is 2.22. The topological polar surface area (TPSA) is 70.7 Å². The predicted octanol–water partition coefficient (Wildman–Crippen LogP) is 1.95. The van der Waals surface area contributed by atoms with Gasteiger partial charge in [-0.25, -0.2) is 4.98 Å². The molecule has 0 saturated carbocycles. The summed E-state index contributed by atoms with van der Waals surface area (Å²) in [5, 5.41) is 9.19. The molecule has 0 radical (unpaired) electrons. The Bertz CT molecular complexity index is 520. The molecule has 19 heavy (non-hydrogen) atoms. The molecule has 1 aromatic carbocycles. The van der Waals surface area contributed by atoms with E-state index >= 15 is 0 Å². The van der Waals surface area contributed by atoms with Crippen molar-refractivity contribution in [2.24, 2.45) is 0 Å². The number of aryl methyl sites for hydroxylation is 1. The molecule has 1 amide bonds. The SMILES string of the molecule is CC(C)(CCc1ccccc1)NC(=O)c1ncn[nH]1. The van der Waals surface area contributed by atoms with Crippen LogP contribution in [-0.2, 0) is 6.42 Å². The largest absolute Gasteiger partial charge is 0.344 e. The van der Waals surface area contributed by atoms with E-state index in [9.17, 15) is 4.79 Å². The number of hydrogen-bond acceptors (Lipinski definition) is 3. The van der Waals surface area contributed by atoms with Gasteiger partial charge in [-0.05, 0) is 32.3 Å². The molecule has 0 unspecified atom stereocenters. The molecular formula is C14H18N4O. The van der Waals surface area contributed by atoms with Crippen LogP contribution < -0.4 is 5.32 Å². The highest BCUT2D eigenvalue weighted by Crippen LogP contribution is 2.14. The Kier molecular flexibility index (Phi) is 3.94. The summed E-state index contributed by atoms with van der Waals surface area (Å²) in [6.45, 7) is 4.01. The first-order valence-electron chi connectivity index (χ1n) is 6.29. The van der Waals surface area contributed by atoms with Gasteiger partial charge in [-0.1, -0.05) is 30.3 Å². The summed E-state index contributed by atoms with van der Waals surface area (Å²) in [6.07, 6.45) is 3.10. The van der Waals surface area contributed by atoms with E-state index in [1.54, 1.807) is 0 Å². The molecule has 1 aromatic heterocycles. The number of carbonyl (C=O) groups excluding carboxylic acids is 1. The van der Waals surface area contributed by atoms with Crippen molar-refractivity contribution in [3.8, 4) is 0 Å². The molecule has 0 aliphatic carbocycles. The van der Waals surface area contributed by atoms with Gasteiger partial charge in [0.15, 0.2) is 0 Å². The van der Waals surface area contributed by atoms with E-state index in [4.69, 9.17) is 0 Å². The van der Waals surface area contributed by atoms with Crippen LogP contribution in [-0.4, -0.2) is 26.6 Å². The first-order chi connectivity index (χ1) is 9.07. The third kappa shape index (κ3) is 3.91. The summed E-state index contributed by atoms with van der Waals surface area (Å²) in [5.74, 6) is 0.0170. The average molecular weight is 258 g/mol. The fourth-order valence-electron chi connectivity index (χ4n) is 1.85. The van der Waals surface area contributed by atoms with Crippen LogP contribution in [0.2, 0.25) is 0 Å². The summed E-state index contributed by atoms with van der Waals surface area (Å²) >= 11 is 0. The van der Waals surface area contributed by atoms with Crippen molar-refractivity contribution in [1.29, 1.82) is 0 Å². The molecule has 0 aliphatic rings. The summed E-state index contributed by atoms with van der Waals surface area (Å²) in [5.41, 5.74) is 0.976. The quantitative estimate of drug-likeness (QED) is 0.861. The van der Waals surface area contributed by atoms with Crippen LogP contribution in [0.4, 0.5) is 0 Å². The number of hydrogen-bond donors (Lipinski definition) is 2. The van der Waals surface area contributed by atoms with Gasteiger partial charge in [0, 0.05) is 5.54 Å². The van der Waals surface area contributed by atoms with E-state index in [2.05, 4.69) is 32.6 Å². The third-order valence-corrected chi connectivity index (χ3v) is 2.96. The molecule has 0 aliphatic heterocycles. The molecule has 5 nitrogen and oxygen atoms in total. The maximum Gasteiger partial charge on any atom is 0.289 e. The zero-order chi connectivity index (χ0) is 13.7. The lowest BCUT2D eigenvalue weighted by Gasteiger charge is -2.25. The van der Waals surface area contributed by atoms with Gasteiger partial charge in [0.1, 0.15) is 6.33 Å². The first-order valence-corrected chi connectivity index (χ1v) is 6.29. The highest BCUT2D eigenvalue weighted by molar-refractivity contribution is 5.90. The van der Waals surface area contributed by atoms with Gasteiger partial charge >= 0.3 is 0 Å². The van der Waals surface area contributed by atoms with Crippen LogP contribution >= 0.6 is 0 Å². The molecule has 2 aromatic rings. The Hall–Kier alpha value is -2.17. The molecule has 100 valence electrons. The van der Waals surface area contributed by atoms with Crippen LogP contribution in [0.3, 0.4) is 0 Å². The number of benzene rings is 1. The molecule has 2 N–H and O–H groups in total. The Morgan fingerprint density at radius 1 is 1.32 bits per heavy atom. The van der Waals surface area contributed by atoms with Crippen molar-refractivity contribution in [3.63, 3.8) is 0 Å². The third-order valence-electron chi connectivity index (χ3n) is 2.96. The van der Waals surface area contributed by atoms with Crippen LogP contribution in [0, 0.1) is 0 Å². The summed E-state index contributed by atoms with van der Waals surface area (Å²) in [6, 6.07) is 10.2.